The van der Waals surface area contributed by atoms with Crippen LogP contribution >= 0.6 is 11.6 Å². The monoisotopic (exact) mass is 264 g/mol. The fourth-order valence-corrected chi connectivity index (χ4v) is 1.84. The molecule has 0 heterocycles. The number of nitrogens with one attached hydrogen (secondary N) is 1. The minimum Gasteiger partial charge on any atom is -0.495 e. The molecule has 0 amide bonds. The first-order chi connectivity index (χ1) is 7.36. The second kappa shape index (κ2) is 4.90. The second-order valence-corrected chi connectivity index (χ2v) is 5.53. The van der Waals surface area contributed by atoms with Crippen molar-refractivity contribution in [3.8, 4) is 5.75 Å². The van der Waals surface area contributed by atoms with E-state index in [-0.39, 0.29) is 0 Å². The predicted octanol–water partition coefficient (Wildman–Crippen LogP) is 1.57. The van der Waals surface area contributed by atoms with Crippen LogP contribution in [0, 0.1) is 0 Å². The van der Waals surface area contributed by atoms with Crippen LogP contribution in [0.2, 0.25) is 5.02 Å². The molecule has 0 aliphatic heterocycles. The Kier molecular flexibility index (Phi) is 4.01. The molecule has 1 N–H and O–H groups in total. The molecule has 0 unspecified atom stereocenters. The zero-order valence-corrected chi connectivity index (χ0v) is 10.8. The Balaban J connectivity index is 2.96. The predicted molar refractivity (Wildman–Crippen MR) is 64.2 cm³/mol. The Labute approximate surface area is 100 Å². The minimum atomic E-state index is -3.50. The molecule has 0 fully saturated rings. The van der Waals surface area contributed by atoms with Crippen LogP contribution in [-0.2, 0) is 10.2 Å². The van der Waals surface area contributed by atoms with E-state index in [0.29, 0.717) is 16.5 Å². The average molecular weight is 265 g/mol. The van der Waals surface area contributed by atoms with E-state index in [1.54, 1.807) is 12.1 Å². The molecule has 16 heavy (non-hydrogen) atoms. The van der Waals surface area contributed by atoms with E-state index in [1.807, 2.05) is 0 Å². The summed E-state index contributed by atoms with van der Waals surface area (Å²) in [6, 6.07) is 4.66. The topological polar surface area (TPSA) is 58.6 Å². The summed E-state index contributed by atoms with van der Waals surface area (Å²) in [6.07, 6.45) is 0. The lowest BCUT2D eigenvalue weighted by Crippen LogP contribution is -2.28. The molecule has 1 aromatic rings. The number of anilines is 1. The number of rotatable bonds is 4. The highest BCUT2D eigenvalue weighted by Gasteiger charge is 2.13. The molecule has 0 spiro atoms. The summed E-state index contributed by atoms with van der Waals surface area (Å²) in [5.74, 6) is 0.495. The fourth-order valence-electron chi connectivity index (χ4n) is 0.970. The highest BCUT2D eigenvalue weighted by molar-refractivity contribution is 7.90. The molecule has 0 saturated heterocycles. The Morgan fingerprint density at radius 1 is 1.38 bits per heavy atom. The van der Waals surface area contributed by atoms with E-state index in [0.717, 1.165) is 4.31 Å². The third-order valence-electron chi connectivity index (χ3n) is 1.88. The first-order valence-corrected chi connectivity index (χ1v) is 6.22. The first-order valence-electron chi connectivity index (χ1n) is 4.40. The van der Waals surface area contributed by atoms with Crippen molar-refractivity contribution in [3.63, 3.8) is 0 Å². The van der Waals surface area contributed by atoms with Gasteiger partial charge in [0.25, 0.3) is 0 Å². The van der Waals surface area contributed by atoms with E-state index in [1.165, 1.54) is 27.3 Å². The van der Waals surface area contributed by atoms with Crippen molar-refractivity contribution in [3.05, 3.63) is 23.2 Å². The van der Waals surface area contributed by atoms with Gasteiger partial charge in [-0.2, -0.15) is 12.7 Å². The van der Waals surface area contributed by atoms with Crippen LogP contribution in [0.4, 0.5) is 5.69 Å². The van der Waals surface area contributed by atoms with Gasteiger partial charge in [-0.1, -0.05) is 11.6 Å². The maximum atomic E-state index is 11.5. The van der Waals surface area contributed by atoms with Gasteiger partial charge in [-0.05, 0) is 18.2 Å². The maximum Gasteiger partial charge on any atom is 0.301 e. The van der Waals surface area contributed by atoms with Crippen LogP contribution in [0.1, 0.15) is 0 Å². The third kappa shape index (κ3) is 3.01. The lowest BCUT2D eigenvalue weighted by Gasteiger charge is -2.14. The van der Waals surface area contributed by atoms with Crippen LogP contribution in [0.5, 0.6) is 5.75 Å². The first kappa shape index (κ1) is 13.1. The molecule has 90 valence electrons. The number of nitrogens with zero attached hydrogens (tertiary/aromatic N) is 1. The fraction of sp³-hybridized carbons (Fsp3) is 0.333. The van der Waals surface area contributed by atoms with E-state index < -0.39 is 10.2 Å². The molecule has 0 bridgehead atoms. The van der Waals surface area contributed by atoms with Crippen LogP contribution in [0.3, 0.4) is 0 Å². The van der Waals surface area contributed by atoms with Crippen molar-refractivity contribution in [2.75, 3.05) is 25.9 Å². The van der Waals surface area contributed by atoms with Crippen LogP contribution in [0.25, 0.3) is 0 Å². The standard InChI is InChI=1S/C9H13ClN2O3S/c1-12(2)16(13,14)11-7-4-5-9(15-3)8(10)6-7/h4-6,11H,1-3H3. The Bertz CT molecular complexity index is 474. The quantitative estimate of drug-likeness (QED) is 0.898. The molecular weight excluding hydrogens is 252 g/mol. The smallest absolute Gasteiger partial charge is 0.301 e. The molecule has 0 radical (unpaired) electrons. The van der Waals surface area contributed by atoms with Gasteiger partial charge in [0.15, 0.2) is 0 Å². The van der Waals surface area contributed by atoms with Gasteiger partial charge >= 0.3 is 10.2 Å². The number of halogens is 1. The molecule has 0 aliphatic rings. The van der Waals surface area contributed by atoms with Gasteiger partial charge in [0.05, 0.1) is 17.8 Å². The molecular formula is C9H13ClN2O3S. The number of methoxy groups -OCH3 is 1. The van der Waals surface area contributed by atoms with E-state index in [4.69, 9.17) is 16.3 Å². The molecule has 1 rings (SSSR count). The van der Waals surface area contributed by atoms with Gasteiger partial charge in [0.1, 0.15) is 5.75 Å². The van der Waals surface area contributed by atoms with Gasteiger partial charge in [-0.25, -0.2) is 0 Å². The molecule has 0 saturated carbocycles. The lowest BCUT2D eigenvalue weighted by molar-refractivity contribution is 0.415. The molecule has 5 nitrogen and oxygen atoms in total. The van der Waals surface area contributed by atoms with Gasteiger partial charge in [0, 0.05) is 14.1 Å². The molecule has 1 aromatic carbocycles. The van der Waals surface area contributed by atoms with Gasteiger partial charge in [-0.3, -0.25) is 4.72 Å². The normalized spacial score (nSPS) is 11.6. The third-order valence-corrected chi connectivity index (χ3v) is 3.63. The number of benzene rings is 1. The zero-order valence-electron chi connectivity index (χ0n) is 9.19. The Hall–Kier alpha value is -0.980. The van der Waals surface area contributed by atoms with E-state index >= 15 is 0 Å². The molecule has 0 aromatic heterocycles. The highest BCUT2D eigenvalue weighted by Crippen LogP contribution is 2.27. The van der Waals surface area contributed by atoms with Crippen molar-refractivity contribution in [1.29, 1.82) is 0 Å². The zero-order chi connectivity index (χ0) is 12.3. The SMILES string of the molecule is COc1ccc(NS(=O)(=O)N(C)C)cc1Cl. The van der Waals surface area contributed by atoms with E-state index in [9.17, 15) is 8.42 Å². The molecule has 7 heteroatoms. The number of hydrogen-bond donors (Lipinski definition) is 1. The van der Waals surface area contributed by atoms with Gasteiger partial charge in [-0.15, -0.1) is 0 Å². The average Bonchev–Trinajstić information content (AvgIpc) is 2.17. The molecule has 0 aliphatic carbocycles. The maximum absolute atomic E-state index is 11.5. The largest absolute Gasteiger partial charge is 0.495 e. The van der Waals surface area contributed by atoms with Crippen molar-refractivity contribution in [2.45, 2.75) is 0 Å². The van der Waals surface area contributed by atoms with Crippen molar-refractivity contribution in [1.82, 2.24) is 4.31 Å². The summed E-state index contributed by atoms with van der Waals surface area (Å²) in [7, 11) is 0.863. The summed E-state index contributed by atoms with van der Waals surface area (Å²) in [5, 5.41) is 0.349. The van der Waals surface area contributed by atoms with Crippen LogP contribution in [-0.4, -0.2) is 33.9 Å². The lowest BCUT2D eigenvalue weighted by atomic mass is 10.3. The van der Waals surface area contributed by atoms with Crippen molar-refractivity contribution < 1.29 is 13.2 Å². The summed E-state index contributed by atoms with van der Waals surface area (Å²) in [4.78, 5) is 0. The Morgan fingerprint density at radius 2 is 2.00 bits per heavy atom. The highest BCUT2D eigenvalue weighted by atomic mass is 35.5. The minimum absolute atomic E-state index is 0.349. The molecule has 0 atom stereocenters. The Morgan fingerprint density at radius 3 is 2.44 bits per heavy atom. The van der Waals surface area contributed by atoms with Gasteiger partial charge in [0.2, 0.25) is 0 Å². The van der Waals surface area contributed by atoms with Gasteiger partial charge < -0.3 is 4.74 Å². The van der Waals surface area contributed by atoms with Crippen molar-refractivity contribution >= 4 is 27.5 Å². The second-order valence-electron chi connectivity index (χ2n) is 3.24. The van der Waals surface area contributed by atoms with Crippen LogP contribution < -0.4 is 9.46 Å². The summed E-state index contributed by atoms with van der Waals surface area (Å²) < 4.78 is 31.4. The summed E-state index contributed by atoms with van der Waals surface area (Å²) in [5.41, 5.74) is 0.388. The summed E-state index contributed by atoms with van der Waals surface area (Å²) in [6.45, 7) is 0. The number of ether oxygens (including phenoxy) is 1. The van der Waals surface area contributed by atoms with Crippen molar-refractivity contribution in [2.24, 2.45) is 0 Å². The number of hydrogen-bond acceptors (Lipinski definition) is 3. The summed E-state index contributed by atoms with van der Waals surface area (Å²) >= 11 is 5.86. The van der Waals surface area contributed by atoms with E-state index in [2.05, 4.69) is 4.72 Å². The van der Waals surface area contributed by atoms with Crippen LogP contribution in [0.15, 0.2) is 18.2 Å².